The molecule has 49 heavy (non-hydrogen) atoms. The predicted octanol–water partition coefficient (Wildman–Crippen LogP) is 4.47. The third-order valence-electron chi connectivity index (χ3n) is 8.53. The number of carbonyl (C=O) groups is 1. The Kier molecular flexibility index (Phi) is 12.0. The van der Waals surface area contributed by atoms with E-state index in [1.807, 2.05) is 18.2 Å². The van der Waals surface area contributed by atoms with Gasteiger partial charge < -0.3 is 24.2 Å². The SMILES string of the molecule is COc1ccc(S(=O)(=O)N(CCO)CCO[C@H]2C[C@@H](c3ccc(C(F)(F)F)cc3)C=C(C(=O)N3CCN(Cc4ccccc4)CC3)O2)cc1. The Morgan fingerprint density at radius 2 is 1.63 bits per heavy atom. The van der Waals surface area contributed by atoms with E-state index in [9.17, 15) is 31.5 Å². The van der Waals surface area contributed by atoms with Crippen molar-refractivity contribution in [3.8, 4) is 5.75 Å². The lowest BCUT2D eigenvalue weighted by atomic mass is 9.92. The van der Waals surface area contributed by atoms with Gasteiger partial charge in [-0.05, 0) is 53.6 Å². The highest BCUT2D eigenvalue weighted by Crippen LogP contribution is 2.35. The molecular formula is C35H40F3N3O7S. The number of allylic oxidation sites excluding steroid dienone is 1. The van der Waals surface area contributed by atoms with E-state index >= 15 is 0 Å². The molecule has 0 saturated carbocycles. The molecule has 1 amide bonds. The number of benzene rings is 3. The van der Waals surface area contributed by atoms with Gasteiger partial charge in [-0.2, -0.15) is 17.5 Å². The Labute approximate surface area is 284 Å². The van der Waals surface area contributed by atoms with Gasteiger partial charge in [0.1, 0.15) is 5.75 Å². The number of halogens is 3. The number of alkyl halides is 3. The fourth-order valence-corrected chi connectivity index (χ4v) is 7.23. The van der Waals surface area contributed by atoms with Crippen LogP contribution in [0, 0.1) is 0 Å². The van der Waals surface area contributed by atoms with Crippen molar-refractivity contribution in [3.05, 3.63) is 107 Å². The molecule has 1 N–H and O–H groups in total. The molecule has 2 aliphatic heterocycles. The van der Waals surface area contributed by atoms with Crippen LogP contribution in [-0.2, 0) is 37.0 Å². The molecule has 14 heteroatoms. The number of sulfonamides is 1. The minimum Gasteiger partial charge on any atom is -0.497 e. The number of nitrogens with zero attached hydrogens (tertiary/aromatic N) is 3. The Bertz CT molecular complexity index is 1660. The van der Waals surface area contributed by atoms with Gasteiger partial charge in [-0.25, -0.2) is 8.42 Å². The number of aliphatic hydroxyl groups is 1. The molecule has 1 fully saturated rings. The number of ether oxygens (including phenoxy) is 3. The highest BCUT2D eigenvalue weighted by Gasteiger charge is 2.34. The third-order valence-corrected chi connectivity index (χ3v) is 10.4. The smallest absolute Gasteiger partial charge is 0.416 e. The average Bonchev–Trinajstić information content (AvgIpc) is 3.11. The normalized spacial score (nSPS) is 19.0. The molecule has 0 unspecified atom stereocenters. The number of carbonyl (C=O) groups excluding carboxylic acids is 1. The second-order valence-electron chi connectivity index (χ2n) is 11.8. The van der Waals surface area contributed by atoms with Crippen LogP contribution >= 0.6 is 0 Å². The summed E-state index contributed by atoms with van der Waals surface area (Å²) >= 11 is 0. The van der Waals surface area contributed by atoms with Gasteiger partial charge in [0.15, 0.2) is 5.76 Å². The monoisotopic (exact) mass is 703 g/mol. The summed E-state index contributed by atoms with van der Waals surface area (Å²) in [6, 6.07) is 20.6. The Morgan fingerprint density at radius 1 is 0.959 bits per heavy atom. The van der Waals surface area contributed by atoms with E-state index in [-0.39, 0.29) is 42.7 Å². The van der Waals surface area contributed by atoms with Crippen molar-refractivity contribution in [1.82, 2.24) is 14.1 Å². The minimum absolute atomic E-state index is 0.0118. The van der Waals surface area contributed by atoms with E-state index in [1.54, 1.807) is 11.0 Å². The van der Waals surface area contributed by atoms with Crippen LogP contribution in [0.2, 0.25) is 0 Å². The molecular weight excluding hydrogens is 663 g/mol. The van der Waals surface area contributed by atoms with Crippen molar-refractivity contribution in [3.63, 3.8) is 0 Å². The molecule has 3 aromatic rings. The zero-order valence-electron chi connectivity index (χ0n) is 27.1. The molecule has 0 radical (unpaired) electrons. The minimum atomic E-state index is -4.49. The Morgan fingerprint density at radius 3 is 2.24 bits per heavy atom. The summed E-state index contributed by atoms with van der Waals surface area (Å²) in [5.41, 5.74) is 0.938. The summed E-state index contributed by atoms with van der Waals surface area (Å²) in [5.74, 6) is -0.347. The summed E-state index contributed by atoms with van der Waals surface area (Å²) in [5, 5.41) is 9.60. The first-order valence-electron chi connectivity index (χ1n) is 16.0. The number of aliphatic hydroxyl groups excluding tert-OH is 1. The number of amides is 1. The first-order chi connectivity index (χ1) is 23.5. The highest BCUT2D eigenvalue weighted by atomic mass is 32.2. The van der Waals surface area contributed by atoms with Gasteiger partial charge in [-0.15, -0.1) is 0 Å². The van der Waals surface area contributed by atoms with E-state index in [2.05, 4.69) is 17.0 Å². The molecule has 10 nitrogen and oxygen atoms in total. The van der Waals surface area contributed by atoms with Crippen LogP contribution in [0.25, 0.3) is 0 Å². The van der Waals surface area contributed by atoms with E-state index < -0.39 is 40.6 Å². The maximum Gasteiger partial charge on any atom is 0.416 e. The molecule has 2 atom stereocenters. The predicted molar refractivity (Wildman–Crippen MR) is 175 cm³/mol. The number of hydrogen-bond acceptors (Lipinski definition) is 8. The molecule has 0 aliphatic carbocycles. The maximum absolute atomic E-state index is 13.7. The summed E-state index contributed by atoms with van der Waals surface area (Å²) in [7, 11) is -2.53. The van der Waals surface area contributed by atoms with Crippen molar-refractivity contribution in [2.45, 2.75) is 36.2 Å². The average molecular weight is 704 g/mol. The van der Waals surface area contributed by atoms with Crippen molar-refractivity contribution >= 4 is 15.9 Å². The second-order valence-corrected chi connectivity index (χ2v) is 13.7. The van der Waals surface area contributed by atoms with Gasteiger partial charge in [-0.1, -0.05) is 42.5 Å². The maximum atomic E-state index is 13.7. The fraction of sp³-hybridized carbons (Fsp3) is 0.400. The van der Waals surface area contributed by atoms with Gasteiger partial charge in [0, 0.05) is 58.2 Å². The fourth-order valence-electron chi connectivity index (χ4n) is 5.82. The number of hydrogen-bond donors (Lipinski definition) is 1. The number of piperazine rings is 1. The van der Waals surface area contributed by atoms with Crippen molar-refractivity contribution in [2.75, 3.05) is 59.6 Å². The Hall–Kier alpha value is -3.95. The van der Waals surface area contributed by atoms with Crippen LogP contribution in [0.5, 0.6) is 5.75 Å². The van der Waals surface area contributed by atoms with Crippen LogP contribution in [0.1, 0.15) is 29.0 Å². The molecule has 3 aromatic carbocycles. The van der Waals surface area contributed by atoms with Crippen LogP contribution in [0.15, 0.2) is 95.6 Å². The first kappa shape index (κ1) is 36.3. The summed E-state index contributed by atoms with van der Waals surface area (Å²) in [4.78, 5) is 17.7. The van der Waals surface area contributed by atoms with Gasteiger partial charge in [0.05, 0.1) is 30.8 Å². The zero-order valence-corrected chi connectivity index (χ0v) is 27.9. The lowest BCUT2D eigenvalue weighted by Crippen LogP contribution is -2.49. The quantitative estimate of drug-likeness (QED) is 0.278. The topological polar surface area (TPSA) is 109 Å². The second kappa shape index (κ2) is 16.2. The van der Waals surface area contributed by atoms with Gasteiger partial charge in [-0.3, -0.25) is 9.69 Å². The first-order valence-corrected chi connectivity index (χ1v) is 17.4. The molecule has 0 bridgehead atoms. The zero-order chi connectivity index (χ0) is 35.0. The van der Waals surface area contributed by atoms with E-state index in [0.29, 0.717) is 37.5 Å². The summed E-state index contributed by atoms with van der Waals surface area (Å²) < 4.78 is 84.6. The molecule has 1 saturated heterocycles. The standard InChI is InChI=1S/C35H40F3N3O7S/c1-46-30-11-13-31(14-12-30)49(44,45)41(19-21-42)20-22-47-33-24-28(27-7-9-29(10-8-27)35(36,37)38)23-32(48-33)34(43)40-17-15-39(16-18-40)25-26-5-3-2-4-6-26/h2-14,23,28,33,42H,15-22,24-25H2,1H3/t28-,33+/m0/s1. The van der Waals surface area contributed by atoms with Gasteiger partial charge in [0.25, 0.3) is 5.91 Å². The third kappa shape index (κ3) is 9.40. The van der Waals surface area contributed by atoms with Gasteiger partial charge in [0.2, 0.25) is 16.3 Å². The number of methoxy groups -OCH3 is 1. The van der Waals surface area contributed by atoms with Crippen LogP contribution in [0.4, 0.5) is 13.2 Å². The summed E-state index contributed by atoms with van der Waals surface area (Å²) in [6.07, 6.45) is -3.69. The van der Waals surface area contributed by atoms with Crippen LogP contribution < -0.4 is 4.74 Å². The Balaban J connectivity index is 1.28. The lowest BCUT2D eigenvalue weighted by molar-refractivity contribution is -0.154. The highest BCUT2D eigenvalue weighted by molar-refractivity contribution is 7.89. The van der Waals surface area contributed by atoms with Crippen LogP contribution in [0.3, 0.4) is 0 Å². The molecule has 5 rings (SSSR count). The van der Waals surface area contributed by atoms with E-state index in [1.165, 1.54) is 49.1 Å². The summed E-state index contributed by atoms with van der Waals surface area (Å²) in [6.45, 7) is 2.11. The van der Waals surface area contributed by atoms with Crippen molar-refractivity contribution in [2.24, 2.45) is 0 Å². The number of rotatable bonds is 13. The van der Waals surface area contributed by atoms with E-state index in [0.717, 1.165) is 23.0 Å². The molecule has 2 aliphatic rings. The van der Waals surface area contributed by atoms with Crippen molar-refractivity contribution in [1.29, 1.82) is 0 Å². The molecule has 2 heterocycles. The van der Waals surface area contributed by atoms with E-state index in [4.69, 9.17) is 14.2 Å². The van der Waals surface area contributed by atoms with Crippen LogP contribution in [-0.4, -0.2) is 99.4 Å². The molecule has 0 spiro atoms. The molecule has 264 valence electrons. The lowest BCUT2D eigenvalue weighted by Gasteiger charge is -2.37. The molecule has 0 aromatic heterocycles. The van der Waals surface area contributed by atoms with Gasteiger partial charge >= 0.3 is 6.18 Å². The van der Waals surface area contributed by atoms with Crippen molar-refractivity contribution < 1.29 is 45.7 Å². The largest absolute Gasteiger partial charge is 0.497 e.